The van der Waals surface area contributed by atoms with Crippen molar-refractivity contribution in [1.82, 2.24) is 5.32 Å². The highest BCUT2D eigenvalue weighted by atomic mass is 32.2. The van der Waals surface area contributed by atoms with Crippen LogP contribution < -0.4 is 5.32 Å². The molecule has 7 heteroatoms. The van der Waals surface area contributed by atoms with Gasteiger partial charge in [-0.15, -0.1) is 0 Å². The van der Waals surface area contributed by atoms with E-state index in [2.05, 4.69) is 5.32 Å². The molecule has 0 aliphatic rings. The number of aliphatic carboxylic acids is 1. The van der Waals surface area contributed by atoms with Gasteiger partial charge in [-0.25, -0.2) is 13.2 Å². The van der Waals surface area contributed by atoms with Crippen molar-refractivity contribution in [2.45, 2.75) is 25.1 Å². The van der Waals surface area contributed by atoms with E-state index in [-0.39, 0.29) is 0 Å². The summed E-state index contributed by atoms with van der Waals surface area (Å²) in [5.74, 6) is -2.60. The molecule has 1 unspecified atom stereocenters. The van der Waals surface area contributed by atoms with Crippen LogP contribution in [0.4, 0.5) is 0 Å². The van der Waals surface area contributed by atoms with Gasteiger partial charge in [0.25, 0.3) is 0 Å². The minimum atomic E-state index is -3.70. The van der Waals surface area contributed by atoms with Crippen molar-refractivity contribution in [3.05, 3.63) is 35.9 Å². The predicted molar refractivity (Wildman–Crippen MR) is 73.9 cm³/mol. The summed E-state index contributed by atoms with van der Waals surface area (Å²) < 4.78 is 24.4. The number of rotatable bonds is 6. The Bertz CT molecular complexity index is 582. The second kappa shape index (κ2) is 6.51. The van der Waals surface area contributed by atoms with Crippen LogP contribution in [0.3, 0.4) is 0 Å². The summed E-state index contributed by atoms with van der Waals surface area (Å²) in [5, 5.41) is 10.2. The number of carboxylic acid groups (broad SMARTS) is 1. The van der Waals surface area contributed by atoms with E-state index in [9.17, 15) is 18.0 Å². The van der Waals surface area contributed by atoms with E-state index in [0.717, 1.165) is 6.92 Å². The van der Waals surface area contributed by atoms with Gasteiger partial charge in [-0.05, 0) is 12.5 Å². The third-order valence-corrected chi connectivity index (χ3v) is 5.03. The van der Waals surface area contributed by atoms with E-state index in [1.807, 2.05) is 0 Å². The lowest BCUT2D eigenvalue weighted by atomic mass is 10.2. The zero-order valence-corrected chi connectivity index (χ0v) is 12.1. The summed E-state index contributed by atoms with van der Waals surface area (Å²) in [6.07, 6.45) is 0. The number of sulfone groups is 1. The molecule has 2 atom stereocenters. The molecule has 1 amide bonds. The molecule has 0 saturated carbocycles. The second-order valence-corrected chi connectivity index (χ2v) is 6.84. The van der Waals surface area contributed by atoms with Crippen molar-refractivity contribution in [1.29, 1.82) is 0 Å². The molecular weight excluding hydrogens is 282 g/mol. The Morgan fingerprint density at radius 1 is 1.25 bits per heavy atom. The molecule has 0 saturated heterocycles. The number of hydrogen-bond acceptors (Lipinski definition) is 4. The fourth-order valence-corrected chi connectivity index (χ4v) is 3.28. The smallest absolute Gasteiger partial charge is 0.327 e. The summed E-state index contributed by atoms with van der Waals surface area (Å²) in [6, 6.07) is 7.07. The Morgan fingerprint density at radius 2 is 1.80 bits per heavy atom. The first-order valence-corrected chi connectivity index (χ1v) is 7.72. The first-order chi connectivity index (χ1) is 9.24. The molecule has 0 heterocycles. The summed E-state index contributed by atoms with van der Waals surface area (Å²) in [4.78, 5) is 21.9. The number of amides is 1. The fraction of sp³-hybridized carbons (Fsp3) is 0.385. The Balaban J connectivity index is 2.93. The molecule has 1 aromatic rings. The first-order valence-electron chi connectivity index (χ1n) is 6.00. The quantitative estimate of drug-likeness (QED) is 0.807. The molecule has 0 radical (unpaired) electrons. The molecule has 2 N–H and O–H groups in total. The molecule has 6 nitrogen and oxygen atoms in total. The summed E-state index contributed by atoms with van der Waals surface area (Å²) in [7, 11) is -3.70. The van der Waals surface area contributed by atoms with Gasteiger partial charge in [0.1, 0.15) is 6.04 Å². The molecule has 110 valence electrons. The van der Waals surface area contributed by atoms with Crippen LogP contribution >= 0.6 is 0 Å². The minimum absolute atomic E-state index is 0.583. The number of carbonyl (C=O) groups excluding carboxylic acids is 1. The second-order valence-electron chi connectivity index (χ2n) is 4.47. The molecule has 0 aromatic heterocycles. The number of carboxylic acids is 1. The third-order valence-electron chi connectivity index (χ3n) is 2.88. The van der Waals surface area contributed by atoms with E-state index in [0.29, 0.717) is 5.56 Å². The van der Waals surface area contributed by atoms with Gasteiger partial charge in [0.05, 0.1) is 11.0 Å². The summed E-state index contributed by atoms with van der Waals surface area (Å²) >= 11 is 0. The number of benzene rings is 1. The van der Waals surface area contributed by atoms with Crippen LogP contribution in [0.1, 0.15) is 24.7 Å². The maximum absolute atomic E-state index is 12.2. The number of carbonyl (C=O) groups is 2. The van der Waals surface area contributed by atoms with Crippen molar-refractivity contribution in [3.63, 3.8) is 0 Å². The number of nitrogens with one attached hydrogen (secondary N) is 1. The highest BCUT2D eigenvalue weighted by Crippen LogP contribution is 2.22. The minimum Gasteiger partial charge on any atom is -0.480 e. The van der Waals surface area contributed by atoms with Crippen LogP contribution in [0.25, 0.3) is 0 Å². The molecule has 1 rings (SSSR count). The Labute approximate surface area is 117 Å². The van der Waals surface area contributed by atoms with Crippen LogP contribution in [0.5, 0.6) is 0 Å². The Kier molecular flexibility index (Phi) is 5.26. The molecule has 0 aliphatic carbocycles. The molecule has 0 bridgehead atoms. The van der Waals surface area contributed by atoms with Crippen molar-refractivity contribution >= 4 is 21.7 Å². The molecule has 20 heavy (non-hydrogen) atoms. The van der Waals surface area contributed by atoms with Crippen LogP contribution in [0.15, 0.2) is 30.3 Å². The largest absolute Gasteiger partial charge is 0.480 e. The maximum atomic E-state index is 12.2. The highest BCUT2D eigenvalue weighted by molar-refractivity contribution is 7.91. The molecular formula is C13H17NO5S. The summed E-state index contributed by atoms with van der Waals surface area (Å²) in [5.41, 5.74) is 0.583. The standard InChI is InChI=1S/C13H17NO5S/c1-9(11-6-4-3-5-7-11)20(18,19)8-12(13(16)17)14-10(2)15/h3-7,9,12H,8H2,1-2H3,(H,14,15)(H,16,17)/t9?,12-/m0/s1. The zero-order valence-electron chi connectivity index (χ0n) is 11.2. The van der Waals surface area contributed by atoms with Gasteiger partial charge >= 0.3 is 5.97 Å². The van der Waals surface area contributed by atoms with Gasteiger partial charge in [-0.2, -0.15) is 0 Å². The van der Waals surface area contributed by atoms with E-state index < -0.39 is 38.8 Å². The van der Waals surface area contributed by atoms with Crippen molar-refractivity contribution in [3.8, 4) is 0 Å². The van der Waals surface area contributed by atoms with Gasteiger partial charge < -0.3 is 10.4 Å². The molecule has 0 spiro atoms. The topological polar surface area (TPSA) is 101 Å². The average molecular weight is 299 g/mol. The third kappa shape index (κ3) is 4.34. The van der Waals surface area contributed by atoms with E-state index in [1.165, 1.54) is 6.92 Å². The van der Waals surface area contributed by atoms with Crippen LogP contribution in [0.2, 0.25) is 0 Å². The zero-order chi connectivity index (χ0) is 15.3. The summed E-state index contributed by atoms with van der Waals surface area (Å²) in [6.45, 7) is 2.64. The highest BCUT2D eigenvalue weighted by Gasteiger charge is 2.30. The van der Waals surface area contributed by atoms with Crippen molar-refractivity contribution < 1.29 is 23.1 Å². The van der Waals surface area contributed by atoms with Crippen LogP contribution in [-0.4, -0.2) is 37.2 Å². The van der Waals surface area contributed by atoms with Gasteiger partial charge in [-0.1, -0.05) is 30.3 Å². The Hall–Kier alpha value is -1.89. The molecule has 1 aromatic carbocycles. The Morgan fingerprint density at radius 3 is 2.25 bits per heavy atom. The lowest BCUT2D eigenvalue weighted by molar-refractivity contribution is -0.140. The van der Waals surface area contributed by atoms with Gasteiger partial charge in [0, 0.05) is 6.92 Å². The molecule has 0 fully saturated rings. The van der Waals surface area contributed by atoms with E-state index in [1.54, 1.807) is 30.3 Å². The van der Waals surface area contributed by atoms with Gasteiger partial charge in [0.15, 0.2) is 9.84 Å². The first kappa shape index (κ1) is 16.2. The monoisotopic (exact) mass is 299 g/mol. The lowest BCUT2D eigenvalue weighted by Gasteiger charge is -2.17. The van der Waals surface area contributed by atoms with Gasteiger partial charge in [-0.3, -0.25) is 4.79 Å². The maximum Gasteiger partial charge on any atom is 0.327 e. The van der Waals surface area contributed by atoms with Crippen molar-refractivity contribution in [2.24, 2.45) is 0 Å². The SMILES string of the molecule is CC(=O)N[C@@H](CS(=O)(=O)C(C)c1ccccc1)C(=O)O. The predicted octanol–water partition coefficient (Wildman–Crippen LogP) is 0.752. The normalized spacial score (nSPS) is 14.3. The van der Waals surface area contributed by atoms with Gasteiger partial charge in [0.2, 0.25) is 5.91 Å². The van der Waals surface area contributed by atoms with E-state index >= 15 is 0 Å². The van der Waals surface area contributed by atoms with Crippen molar-refractivity contribution in [2.75, 3.05) is 5.75 Å². The van der Waals surface area contributed by atoms with Crippen LogP contribution in [0, 0.1) is 0 Å². The fourth-order valence-electron chi connectivity index (χ4n) is 1.73. The average Bonchev–Trinajstić information content (AvgIpc) is 2.37. The van der Waals surface area contributed by atoms with Crippen LogP contribution in [-0.2, 0) is 19.4 Å². The lowest BCUT2D eigenvalue weighted by Crippen LogP contribution is -2.45. The van der Waals surface area contributed by atoms with E-state index in [4.69, 9.17) is 5.11 Å². The number of hydrogen-bond donors (Lipinski definition) is 2. The molecule has 0 aliphatic heterocycles.